The minimum absolute atomic E-state index is 0.0491. The van der Waals surface area contributed by atoms with Gasteiger partial charge < -0.3 is 20.1 Å². The van der Waals surface area contributed by atoms with E-state index in [2.05, 4.69) is 10.6 Å². The van der Waals surface area contributed by atoms with Crippen molar-refractivity contribution in [2.75, 3.05) is 19.0 Å². The molecule has 0 saturated heterocycles. The Bertz CT molecular complexity index is 833. The number of anilines is 1. The van der Waals surface area contributed by atoms with Crippen LogP contribution in [0.3, 0.4) is 0 Å². The standard InChI is InChI=1S/C22H26N2O5/c1-16(25)23-15-7-3-4-10-21(26)29-18-13-11-17(12-14-18)24-22(27)19-8-5-6-9-20(19)28-2/h5-6,8-9,11-14H,3-4,7,10,15H2,1-2H3,(H,23,25)(H,24,27). The Morgan fingerprint density at radius 2 is 1.66 bits per heavy atom. The Morgan fingerprint density at radius 1 is 0.931 bits per heavy atom. The van der Waals surface area contributed by atoms with Crippen molar-refractivity contribution in [1.29, 1.82) is 0 Å². The second-order valence-corrected chi connectivity index (χ2v) is 6.45. The van der Waals surface area contributed by atoms with Crippen molar-refractivity contribution >= 4 is 23.5 Å². The molecular formula is C22H26N2O5. The Balaban J connectivity index is 1.77. The number of carbonyl (C=O) groups is 3. The van der Waals surface area contributed by atoms with Crippen LogP contribution in [0.5, 0.6) is 11.5 Å². The van der Waals surface area contributed by atoms with Crippen LogP contribution in [0.4, 0.5) is 5.69 Å². The Morgan fingerprint density at radius 3 is 2.34 bits per heavy atom. The summed E-state index contributed by atoms with van der Waals surface area (Å²) in [5, 5.41) is 5.50. The van der Waals surface area contributed by atoms with Crippen LogP contribution in [0, 0.1) is 0 Å². The molecule has 0 radical (unpaired) electrons. The first-order valence-electron chi connectivity index (χ1n) is 9.49. The molecule has 0 aliphatic rings. The van der Waals surface area contributed by atoms with Gasteiger partial charge in [-0.2, -0.15) is 0 Å². The number of benzene rings is 2. The smallest absolute Gasteiger partial charge is 0.311 e. The second-order valence-electron chi connectivity index (χ2n) is 6.45. The molecule has 29 heavy (non-hydrogen) atoms. The first-order chi connectivity index (χ1) is 14.0. The number of rotatable bonds is 10. The molecule has 7 nitrogen and oxygen atoms in total. The highest BCUT2D eigenvalue weighted by Crippen LogP contribution is 2.21. The quantitative estimate of drug-likeness (QED) is 0.363. The molecule has 0 saturated carbocycles. The molecule has 0 bridgehead atoms. The van der Waals surface area contributed by atoms with Crippen molar-refractivity contribution in [2.45, 2.75) is 32.6 Å². The maximum absolute atomic E-state index is 12.4. The zero-order valence-corrected chi connectivity index (χ0v) is 16.7. The summed E-state index contributed by atoms with van der Waals surface area (Å²) >= 11 is 0. The summed E-state index contributed by atoms with van der Waals surface area (Å²) < 4.78 is 10.5. The van der Waals surface area contributed by atoms with E-state index in [4.69, 9.17) is 9.47 Å². The van der Waals surface area contributed by atoms with Gasteiger partial charge in [0, 0.05) is 25.6 Å². The predicted octanol–water partition coefficient (Wildman–Crippen LogP) is 3.55. The van der Waals surface area contributed by atoms with E-state index in [0.29, 0.717) is 42.1 Å². The van der Waals surface area contributed by atoms with Crippen LogP contribution < -0.4 is 20.1 Å². The lowest BCUT2D eigenvalue weighted by Gasteiger charge is -2.10. The highest BCUT2D eigenvalue weighted by atomic mass is 16.5. The number of unbranched alkanes of at least 4 members (excludes halogenated alkanes) is 2. The summed E-state index contributed by atoms with van der Waals surface area (Å²) in [5.74, 6) is 0.268. The van der Waals surface area contributed by atoms with Gasteiger partial charge >= 0.3 is 5.97 Å². The SMILES string of the molecule is COc1ccccc1C(=O)Nc1ccc(OC(=O)CCCCCNC(C)=O)cc1. The van der Waals surface area contributed by atoms with Crippen molar-refractivity contribution in [1.82, 2.24) is 5.32 Å². The molecule has 0 fully saturated rings. The van der Waals surface area contributed by atoms with E-state index in [-0.39, 0.29) is 17.8 Å². The molecule has 154 valence electrons. The summed E-state index contributed by atoms with van der Waals surface area (Å²) in [7, 11) is 1.51. The Hall–Kier alpha value is -3.35. The van der Waals surface area contributed by atoms with Crippen molar-refractivity contribution < 1.29 is 23.9 Å². The lowest BCUT2D eigenvalue weighted by atomic mass is 10.2. The van der Waals surface area contributed by atoms with Crippen LogP contribution in [0.15, 0.2) is 48.5 Å². The molecule has 0 spiro atoms. The van der Waals surface area contributed by atoms with Crippen molar-refractivity contribution in [3.63, 3.8) is 0 Å². The van der Waals surface area contributed by atoms with Crippen LogP contribution in [0.2, 0.25) is 0 Å². The molecule has 2 amide bonds. The van der Waals surface area contributed by atoms with E-state index in [1.807, 2.05) is 0 Å². The van der Waals surface area contributed by atoms with E-state index >= 15 is 0 Å². The zero-order chi connectivity index (χ0) is 21.1. The molecule has 0 unspecified atom stereocenters. The number of ether oxygens (including phenoxy) is 2. The molecule has 0 atom stereocenters. The van der Waals surface area contributed by atoms with Gasteiger partial charge in [0.2, 0.25) is 5.91 Å². The van der Waals surface area contributed by atoms with Gasteiger partial charge in [-0.1, -0.05) is 18.6 Å². The maximum Gasteiger partial charge on any atom is 0.311 e. The molecule has 2 rings (SSSR count). The predicted molar refractivity (Wildman–Crippen MR) is 110 cm³/mol. The molecule has 2 aromatic rings. The van der Waals surface area contributed by atoms with Gasteiger partial charge in [-0.25, -0.2) is 0 Å². The van der Waals surface area contributed by atoms with Crippen LogP contribution in [-0.4, -0.2) is 31.4 Å². The fraction of sp³-hybridized carbons (Fsp3) is 0.318. The first kappa shape index (κ1) is 21.9. The number of esters is 1. The van der Waals surface area contributed by atoms with Crippen LogP contribution in [0.1, 0.15) is 43.0 Å². The van der Waals surface area contributed by atoms with E-state index in [0.717, 1.165) is 12.8 Å². The van der Waals surface area contributed by atoms with Gasteiger partial charge in [0.25, 0.3) is 5.91 Å². The molecule has 0 aromatic heterocycles. The average Bonchev–Trinajstić information content (AvgIpc) is 2.71. The van der Waals surface area contributed by atoms with Crippen molar-refractivity contribution in [2.24, 2.45) is 0 Å². The maximum atomic E-state index is 12.4. The van der Waals surface area contributed by atoms with Crippen LogP contribution in [-0.2, 0) is 9.59 Å². The Labute approximate surface area is 170 Å². The van der Waals surface area contributed by atoms with E-state index < -0.39 is 0 Å². The van der Waals surface area contributed by atoms with Gasteiger partial charge in [0.05, 0.1) is 12.7 Å². The highest BCUT2D eigenvalue weighted by Gasteiger charge is 2.12. The van der Waals surface area contributed by atoms with E-state index in [1.54, 1.807) is 48.5 Å². The molecule has 0 aliphatic carbocycles. The van der Waals surface area contributed by atoms with E-state index in [9.17, 15) is 14.4 Å². The molecule has 0 heterocycles. The largest absolute Gasteiger partial charge is 0.496 e. The number of nitrogens with one attached hydrogen (secondary N) is 2. The topological polar surface area (TPSA) is 93.7 Å². The number of para-hydroxylation sites is 1. The molecular weight excluding hydrogens is 372 g/mol. The third-order valence-corrected chi connectivity index (χ3v) is 4.13. The zero-order valence-electron chi connectivity index (χ0n) is 16.7. The van der Waals surface area contributed by atoms with Gasteiger partial charge in [0.1, 0.15) is 11.5 Å². The molecule has 2 aromatic carbocycles. The lowest BCUT2D eigenvalue weighted by Crippen LogP contribution is -2.20. The van der Waals surface area contributed by atoms with Crippen LogP contribution >= 0.6 is 0 Å². The van der Waals surface area contributed by atoms with Gasteiger partial charge in [0.15, 0.2) is 0 Å². The second kappa shape index (κ2) is 11.5. The van der Waals surface area contributed by atoms with Crippen molar-refractivity contribution in [3.8, 4) is 11.5 Å². The highest BCUT2D eigenvalue weighted by molar-refractivity contribution is 6.06. The summed E-state index contributed by atoms with van der Waals surface area (Å²) in [4.78, 5) is 35.0. The van der Waals surface area contributed by atoms with Crippen LogP contribution in [0.25, 0.3) is 0 Å². The first-order valence-corrected chi connectivity index (χ1v) is 9.49. The van der Waals surface area contributed by atoms with Gasteiger partial charge in [-0.05, 0) is 49.2 Å². The van der Waals surface area contributed by atoms with Gasteiger partial charge in [-0.3, -0.25) is 14.4 Å². The monoisotopic (exact) mass is 398 g/mol. The van der Waals surface area contributed by atoms with E-state index in [1.165, 1.54) is 14.0 Å². The normalized spacial score (nSPS) is 10.1. The number of hydrogen-bond donors (Lipinski definition) is 2. The number of carbonyl (C=O) groups excluding carboxylic acids is 3. The number of hydrogen-bond acceptors (Lipinski definition) is 5. The minimum atomic E-state index is -0.310. The third kappa shape index (κ3) is 7.65. The summed E-state index contributed by atoms with van der Waals surface area (Å²) in [6.45, 7) is 2.10. The summed E-state index contributed by atoms with van der Waals surface area (Å²) in [6.07, 6.45) is 2.68. The fourth-order valence-electron chi connectivity index (χ4n) is 2.65. The molecule has 0 aliphatic heterocycles. The summed E-state index contributed by atoms with van der Waals surface area (Å²) in [5.41, 5.74) is 1.02. The average molecular weight is 398 g/mol. The minimum Gasteiger partial charge on any atom is -0.496 e. The molecule has 7 heteroatoms. The molecule has 2 N–H and O–H groups in total. The lowest BCUT2D eigenvalue weighted by molar-refractivity contribution is -0.134. The number of amides is 2. The van der Waals surface area contributed by atoms with Crippen molar-refractivity contribution in [3.05, 3.63) is 54.1 Å². The number of methoxy groups -OCH3 is 1. The van der Waals surface area contributed by atoms with Gasteiger partial charge in [-0.15, -0.1) is 0 Å². The third-order valence-electron chi connectivity index (χ3n) is 4.13. The fourth-order valence-corrected chi connectivity index (χ4v) is 2.65. The summed E-state index contributed by atoms with van der Waals surface area (Å²) in [6, 6.07) is 13.6. The Kier molecular flexibility index (Phi) is 8.69.